The summed E-state index contributed by atoms with van der Waals surface area (Å²) in [7, 11) is 1.90. The number of nitro benzene ring substituents is 3. The molecule has 2 heterocycles. The number of nitrogens with zero attached hydrogens (tertiary/aromatic N) is 5. The van der Waals surface area contributed by atoms with E-state index in [-0.39, 0.29) is 5.63 Å². The zero-order valence-electron chi connectivity index (χ0n) is 16.7. The average Bonchev–Trinajstić information content (AvgIpc) is 3.19. The van der Waals surface area contributed by atoms with Crippen LogP contribution in [0.2, 0.25) is 0 Å². The standard InChI is InChI=1S/C13H11N2O2.C6H3N3O7/c1-14-6-7-15(9-14)11-8-10-4-2-3-5-12(10)17-13(11)16;10-6-4(8(13)14)1-3(7(11)12)2-5(6)9(15)16/h2-9H,1H3;1-2,10H/q+1;/p-1. The van der Waals surface area contributed by atoms with E-state index in [1.54, 1.807) is 10.6 Å². The lowest BCUT2D eigenvalue weighted by atomic mass is 10.2. The molecule has 4 aromatic rings. The summed E-state index contributed by atoms with van der Waals surface area (Å²) in [5.41, 5.74) is -2.47. The zero-order valence-corrected chi connectivity index (χ0v) is 16.7. The molecule has 14 heteroatoms. The van der Waals surface area contributed by atoms with Crippen molar-refractivity contribution in [1.82, 2.24) is 4.57 Å². The van der Waals surface area contributed by atoms with Crippen molar-refractivity contribution in [2.45, 2.75) is 0 Å². The van der Waals surface area contributed by atoms with Gasteiger partial charge in [-0.1, -0.05) is 18.2 Å². The summed E-state index contributed by atoms with van der Waals surface area (Å²) in [5.74, 6) is -1.46. The predicted molar refractivity (Wildman–Crippen MR) is 109 cm³/mol. The van der Waals surface area contributed by atoms with Crippen molar-refractivity contribution < 1.29 is 28.9 Å². The Labute approximate surface area is 182 Å². The van der Waals surface area contributed by atoms with Gasteiger partial charge in [0.15, 0.2) is 0 Å². The van der Waals surface area contributed by atoms with E-state index in [0.29, 0.717) is 23.4 Å². The molecular weight excluding hydrogens is 442 g/mol. The molecular formula is C19H13N5O9. The maximum atomic E-state index is 11.8. The molecule has 0 aliphatic rings. The fourth-order valence-electron chi connectivity index (χ4n) is 2.78. The van der Waals surface area contributed by atoms with E-state index in [9.17, 15) is 40.2 Å². The second-order valence-electron chi connectivity index (χ2n) is 6.53. The molecule has 33 heavy (non-hydrogen) atoms. The summed E-state index contributed by atoms with van der Waals surface area (Å²) in [6, 6.07) is 10.1. The average molecular weight is 455 g/mol. The predicted octanol–water partition coefficient (Wildman–Crippen LogP) is 1.89. The Balaban J connectivity index is 0.000000186. The van der Waals surface area contributed by atoms with Crippen LogP contribution in [0.3, 0.4) is 0 Å². The first-order chi connectivity index (χ1) is 15.6. The van der Waals surface area contributed by atoms with Crippen LogP contribution >= 0.6 is 0 Å². The van der Waals surface area contributed by atoms with Crippen LogP contribution in [0.4, 0.5) is 17.1 Å². The lowest BCUT2D eigenvalue weighted by Crippen LogP contribution is -2.24. The quantitative estimate of drug-likeness (QED) is 0.191. The number of hydrogen-bond donors (Lipinski definition) is 0. The van der Waals surface area contributed by atoms with Crippen molar-refractivity contribution in [3.63, 3.8) is 0 Å². The normalized spacial score (nSPS) is 10.3. The van der Waals surface area contributed by atoms with Crippen LogP contribution in [0.5, 0.6) is 5.75 Å². The van der Waals surface area contributed by atoms with Gasteiger partial charge in [-0.05, 0) is 6.07 Å². The van der Waals surface area contributed by atoms with Crippen molar-refractivity contribution in [2.75, 3.05) is 0 Å². The first-order valence-electron chi connectivity index (χ1n) is 8.93. The van der Waals surface area contributed by atoms with E-state index in [4.69, 9.17) is 4.42 Å². The molecule has 0 aliphatic heterocycles. The minimum absolute atomic E-state index is 0.333. The number of aryl methyl sites for hydroxylation is 1. The molecule has 2 aromatic carbocycles. The molecule has 0 radical (unpaired) electrons. The topological polar surface area (TPSA) is 192 Å². The van der Waals surface area contributed by atoms with Crippen LogP contribution in [0, 0.1) is 30.3 Å². The summed E-state index contributed by atoms with van der Waals surface area (Å²) in [6.45, 7) is 0. The molecule has 2 aromatic heterocycles. The highest BCUT2D eigenvalue weighted by molar-refractivity contribution is 5.77. The van der Waals surface area contributed by atoms with E-state index < -0.39 is 37.6 Å². The van der Waals surface area contributed by atoms with Crippen LogP contribution < -0.4 is 15.3 Å². The lowest BCUT2D eigenvalue weighted by Gasteiger charge is -2.06. The van der Waals surface area contributed by atoms with E-state index >= 15 is 0 Å². The number of nitro groups is 3. The van der Waals surface area contributed by atoms with Crippen LogP contribution in [0.15, 0.2) is 70.4 Å². The minimum Gasteiger partial charge on any atom is -0.863 e. The number of non-ortho nitro benzene ring substituents is 1. The van der Waals surface area contributed by atoms with Gasteiger partial charge in [0.05, 0.1) is 39.7 Å². The SMILES string of the molecule is C[n+]1ccn(-c2cc3ccccc3oc2=O)c1.O=[N+]([O-])c1cc([N+](=O)[O-])c([O-])c([N+](=O)[O-])c1. The number of fused-ring (bicyclic) bond motifs is 1. The molecule has 0 bridgehead atoms. The maximum absolute atomic E-state index is 11.8. The van der Waals surface area contributed by atoms with Gasteiger partial charge in [-0.2, -0.15) is 4.57 Å². The first kappa shape index (κ1) is 22.5. The number of imidazole rings is 1. The smallest absolute Gasteiger partial charge is 0.384 e. The maximum Gasteiger partial charge on any atom is 0.384 e. The molecule has 0 N–H and O–H groups in total. The molecule has 0 spiro atoms. The van der Waals surface area contributed by atoms with Gasteiger partial charge in [-0.3, -0.25) is 30.3 Å². The van der Waals surface area contributed by atoms with E-state index in [0.717, 1.165) is 5.39 Å². The van der Waals surface area contributed by atoms with E-state index in [2.05, 4.69) is 0 Å². The third kappa shape index (κ3) is 4.79. The summed E-state index contributed by atoms with van der Waals surface area (Å²) in [5, 5.41) is 43.0. The van der Waals surface area contributed by atoms with Crippen molar-refractivity contribution in [3.8, 4) is 11.4 Å². The van der Waals surface area contributed by atoms with E-state index in [1.807, 2.05) is 54.6 Å². The molecule has 0 saturated heterocycles. The number of para-hydroxylation sites is 1. The fourth-order valence-corrected chi connectivity index (χ4v) is 2.78. The van der Waals surface area contributed by atoms with E-state index in [1.165, 1.54) is 0 Å². The number of benzene rings is 2. The molecule has 0 amide bonds. The van der Waals surface area contributed by atoms with Crippen LogP contribution in [0.1, 0.15) is 0 Å². The van der Waals surface area contributed by atoms with Gasteiger partial charge in [0.1, 0.15) is 18.0 Å². The second kappa shape index (κ2) is 8.93. The molecule has 0 fully saturated rings. The first-order valence-corrected chi connectivity index (χ1v) is 8.93. The van der Waals surface area contributed by atoms with Gasteiger partial charge in [-0.25, -0.2) is 9.36 Å². The Morgan fingerprint density at radius 2 is 1.55 bits per heavy atom. The minimum atomic E-state index is -1.46. The van der Waals surface area contributed by atoms with Crippen molar-refractivity contribution in [3.05, 3.63) is 102 Å². The Hall–Kier alpha value is -5.14. The highest BCUT2D eigenvalue weighted by atomic mass is 16.6. The van der Waals surface area contributed by atoms with Gasteiger partial charge >= 0.3 is 5.63 Å². The molecule has 0 aliphatic carbocycles. The molecule has 0 unspecified atom stereocenters. The number of aromatic nitrogens is 2. The third-order valence-electron chi connectivity index (χ3n) is 4.31. The van der Waals surface area contributed by atoms with Crippen molar-refractivity contribution >= 4 is 28.0 Å². The Morgan fingerprint density at radius 1 is 0.939 bits per heavy atom. The summed E-state index contributed by atoms with van der Waals surface area (Å²) in [4.78, 5) is 39.4. The summed E-state index contributed by atoms with van der Waals surface area (Å²) < 4.78 is 8.89. The third-order valence-corrected chi connectivity index (χ3v) is 4.31. The molecule has 0 atom stereocenters. The molecule has 14 nitrogen and oxygen atoms in total. The second-order valence-corrected chi connectivity index (χ2v) is 6.53. The van der Waals surface area contributed by atoms with Crippen molar-refractivity contribution in [1.29, 1.82) is 0 Å². The summed E-state index contributed by atoms with van der Waals surface area (Å²) in [6.07, 6.45) is 5.51. The Bertz CT molecular complexity index is 1420. The van der Waals surface area contributed by atoms with Gasteiger partial charge in [0.25, 0.3) is 17.1 Å². The van der Waals surface area contributed by atoms with Gasteiger partial charge < -0.3 is 9.52 Å². The number of hydrogen-bond acceptors (Lipinski definition) is 9. The zero-order chi connectivity index (χ0) is 24.3. The molecule has 4 rings (SSSR count). The monoisotopic (exact) mass is 455 g/mol. The molecule has 0 saturated carbocycles. The molecule has 168 valence electrons. The van der Waals surface area contributed by atoms with Gasteiger partial charge in [0.2, 0.25) is 12.0 Å². The van der Waals surface area contributed by atoms with Crippen LogP contribution in [-0.4, -0.2) is 19.3 Å². The van der Waals surface area contributed by atoms with Crippen LogP contribution in [0.25, 0.3) is 16.7 Å². The highest BCUT2D eigenvalue weighted by Gasteiger charge is 2.24. The van der Waals surface area contributed by atoms with Crippen molar-refractivity contribution in [2.24, 2.45) is 7.05 Å². The Kier molecular flexibility index (Phi) is 6.10. The summed E-state index contributed by atoms with van der Waals surface area (Å²) >= 11 is 0. The number of rotatable bonds is 4. The lowest BCUT2D eigenvalue weighted by molar-refractivity contribution is -0.670. The Morgan fingerprint density at radius 3 is 2.06 bits per heavy atom. The fraction of sp³-hybridized carbons (Fsp3) is 0.0526. The van der Waals surface area contributed by atoms with Crippen LogP contribution in [-0.2, 0) is 7.05 Å². The van der Waals surface area contributed by atoms with Gasteiger partial charge in [0, 0.05) is 11.5 Å². The van der Waals surface area contributed by atoms with Gasteiger partial charge in [-0.15, -0.1) is 0 Å². The largest absolute Gasteiger partial charge is 0.863 e. The highest BCUT2D eigenvalue weighted by Crippen LogP contribution is 2.36.